The summed E-state index contributed by atoms with van der Waals surface area (Å²) in [5, 5.41) is 2.77. The van der Waals surface area contributed by atoms with E-state index in [1.54, 1.807) is 69.7 Å². The number of amides is 3. The molecule has 3 rings (SSSR count). The summed E-state index contributed by atoms with van der Waals surface area (Å²) in [6.45, 7) is 2.05. The van der Waals surface area contributed by atoms with Gasteiger partial charge in [0.1, 0.15) is 29.4 Å². The summed E-state index contributed by atoms with van der Waals surface area (Å²) in [4.78, 5) is 26.4. The van der Waals surface area contributed by atoms with Gasteiger partial charge in [0.2, 0.25) is 0 Å². The lowest BCUT2D eigenvalue weighted by molar-refractivity contribution is -0.131. The second-order valence-electron chi connectivity index (χ2n) is 6.26. The molecule has 1 aliphatic heterocycles. The Morgan fingerprint density at radius 2 is 1.41 bits per heavy atom. The summed E-state index contributed by atoms with van der Waals surface area (Å²) in [5.41, 5.74) is -0.413. The van der Waals surface area contributed by atoms with Crippen LogP contribution in [0.2, 0.25) is 0 Å². The van der Waals surface area contributed by atoms with Crippen LogP contribution >= 0.6 is 0 Å². The Hall–Kier alpha value is -3.22. The number of rotatable bonds is 7. The van der Waals surface area contributed by atoms with Crippen molar-refractivity contribution in [2.24, 2.45) is 0 Å². The Morgan fingerprint density at radius 3 is 1.96 bits per heavy atom. The van der Waals surface area contributed by atoms with Crippen molar-refractivity contribution in [3.05, 3.63) is 54.1 Å². The Kier molecular flexibility index (Phi) is 5.21. The van der Waals surface area contributed by atoms with E-state index in [2.05, 4.69) is 5.32 Å². The molecule has 1 unspecified atom stereocenters. The van der Waals surface area contributed by atoms with Crippen molar-refractivity contribution in [1.29, 1.82) is 0 Å². The van der Waals surface area contributed by atoms with Gasteiger partial charge in [-0.1, -0.05) is 12.1 Å². The molecule has 7 heteroatoms. The van der Waals surface area contributed by atoms with Gasteiger partial charge >= 0.3 is 6.03 Å². The van der Waals surface area contributed by atoms with Crippen molar-refractivity contribution in [1.82, 2.24) is 10.2 Å². The van der Waals surface area contributed by atoms with Crippen LogP contribution in [0.5, 0.6) is 17.2 Å². The van der Waals surface area contributed by atoms with E-state index in [-0.39, 0.29) is 19.1 Å². The van der Waals surface area contributed by atoms with Crippen molar-refractivity contribution in [3.8, 4) is 17.2 Å². The zero-order chi connectivity index (χ0) is 19.4. The smallest absolute Gasteiger partial charge is 0.325 e. The minimum Gasteiger partial charge on any atom is -0.497 e. The minimum absolute atomic E-state index is 0.155. The number of urea groups is 1. The second kappa shape index (κ2) is 7.57. The van der Waals surface area contributed by atoms with Gasteiger partial charge < -0.3 is 19.5 Å². The zero-order valence-electron chi connectivity index (χ0n) is 15.5. The van der Waals surface area contributed by atoms with Gasteiger partial charge in [0.25, 0.3) is 5.91 Å². The van der Waals surface area contributed by atoms with E-state index in [4.69, 9.17) is 14.2 Å². The van der Waals surface area contributed by atoms with Gasteiger partial charge in [0, 0.05) is 0 Å². The van der Waals surface area contributed by atoms with Gasteiger partial charge in [0.05, 0.1) is 20.8 Å². The van der Waals surface area contributed by atoms with E-state index in [1.807, 2.05) is 0 Å². The molecule has 0 radical (unpaired) electrons. The van der Waals surface area contributed by atoms with Crippen LogP contribution in [0, 0.1) is 0 Å². The van der Waals surface area contributed by atoms with Crippen LogP contribution < -0.4 is 19.5 Å². The lowest BCUT2D eigenvalue weighted by Gasteiger charge is -2.22. The standard InChI is InChI=1S/C20H22N2O5/c1-20(14-4-6-15(25-2)7-5-14)18(23)22(19(24)21-20)12-13-27-17-10-8-16(26-3)9-11-17/h4-11H,12-13H2,1-3H3,(H,21,24). The molecule has 7 nitrogen and oxygen atoms in total. The van der Waals surface area contributed by atoms with Crippen LogP contribution in [0.3, 0.4) is 0 Å². The first kappa shape index (κ1) is 18.6. The summed E-state index contributed by atoms with van der Waals surface area (Å²) in [6, 6.07) is 13.7. The molecule has 1 fully saturated rings. The molecule has 1 heterocycles. The van der Waals surface area contributed by atoms with Gasteiger partial charge in [-0.3, -0.25) is 9.69 Å². The van der Waals surface area contributed by atoms with Gasteiger partial charge in [-0.25, -0.2) is 4.79 Å². The predicted octanol–water partition coefficient (Wildman–Crippen LogP) is 2.55. The molecule has 1 N–H and O–H groups in total. The minimum atomic E-state index is -1.11. The monoisotopic (exact) mass is 370 g/mol. The maximum Gasteiger partial charge on any atom is 0.325 e. The number of nitrogens with zero attached hydrogens (tertiary/aromatic N) is 1. The third-order valence-electron chi connectivity index (χ3n) is 4.59. The molecule has 0 spiro atoms. The largest absolute Gasteiger partial charge is 0.497 e. The number of hydrogen-bond donors (Lipinski definition) is 1. The Bertz CT molecular complexity index is 819. The maximum atomic E-state index is 12.9. The Balaban J connectivity index is 1.64. The zero-order valence-corrected chi connectivity index (χ0v) is 15.5. The van der Waals surface area contributed by atoms with Gasteiger partial charge in [-0.15, -0.1) is 0 Å². The first-order chi connectivity index (χ1) is 13.0. The highest BCUT2D eigenvalue weighted by Crippen LogP contribution is 2.30. The average molecular weight is 370 g/mol. The van der Waals surface area contributed by atoms with Gasteiger partial charge in [0.15, 0.2) is 0 Å². The molecule has 2 aromatic carbocycles. The summed E-state index contributed by atoms with van der Waals surface area (Å²) in [6.07, 6.45) is 0. The molecule has 3 amide bonds. The number of benzene rings is 2. The number of carbonyl (C=O) groups is 2. The van der Waals surface area contributed by atoms with Crippen molar-refractivity contribution >= 4 is 11.9 Å². The molecule has 1 aliphatic rings. The molecule has 0 bridgehead atoms. The van der Waals surface area contributed by atoms with E-state index in [0.717, 1.165) is 5.75 Å². The molecule has 1 saturated heterocycles. The fourth-order valence-corrected chi connectivity index (χ4v) is 2.95. The first-order valence-electron chi connectivity index (χ1n) is 8.53. The summed E-state index contributed by atoms with van der Waals surface area (Å²) < 4.78 is 15.9. The molecular weight excluding hydrogens is 348 g/mol. The predicted molar refractivity (Wildman–Crippen MR) is 99.1 cm³/mol. The molecule has 142 valence electrons. The van der Waals surface area contributed by atoms with E-state index in [0.29, 0.717) is 17.1 Å². The summed E-state index contributed by atoms with van der Waals surface area (Å²) in [5.74, 6) is 1.74. The molecule has 27 heavy (non-hydrogen) atoms. The lowest BCUT2D eigenvalue weighted by atomic mass is 9.92. The Morgan fingerprint density at radius 1 is 0.889 bits per heavy atom. The number of nitrogens with one attached hydrogen (secondary N) is 1. The van der Waals surface area contributed by atoms with Crippen LogP contribution in [0.15, 0.2) is 48.5 Å². The Labute approximate surface area is 157 Å². The second-order valence-corrected chi connectivity index (χ2v) is 6.26. The van der Waals surface area contributed by atoms with E-state index in [9.17, 15) is 9.59 Å². The van der Waals surface area contributed by atoms with Gasteiger partial charge in [-0.2, -0.15) is 0 Å². The molecule has 1 atom stereocenters. The number of methoxy groups -OCH3 is 2. The third kappa shape index (κ3) is 3.67. The topological polar surface area (TPSA) is 77.1 Å². The normalized spacial score (nSPS) is 19.0. The number of imide groups is 1. The summed E-state index contributed by atoms with van der Waals surface area (Å²) >= 11 is 0. The maximum absolute atomic E-state index is 12.9. The van der Waals surface area contributed by atoms with Crippen molar-refractivity contribution < 1.29 is 23.8 Å². The van der Waals surface area contributed by atoms with Crippen LogP contribution in [0.4, 0.5) is 4.79 Å². The fourth-order valence-electron chi connectivity index (χ4n) is 2.95. The third-order valence-corrected chi connectivity index (χ3v) is 4.59. The van der Waals surface area contributed by atoms with E-state index >= 15 is 0 Å². The van der Waals surface area contributed by atoms with Crippen molar-refractivity contribution in [2.75, 3.05) is 27.4 Å². The van der Waals surface area contributed by atoms with Crippen LogP contribution in [-0.4, -0.2) is 44.2 Å². The molecule has 0 saturated carbocycles. The van der Waals surface area contributed by atoms with E-state index in [1.165, 1.54) is 4.90 Å². The molecular formula is C20H22N2O5. The number of ether oxygens (including phenoxy) is 3. The van der Waals surface area contributed by atoms with Crippen molar-refractivity contribution in [2.45, 2.75) is 12.5 Å². The number of hydrogen-bond acceptors (Lipinski definition) is 5. The highest BCUT2D eigenvalue weighted by Gasteiger charge is 2.48. The van der Waals surface area contributed by atoms with Crippen LogP contribution in [-0.2, 0) is 10.3 Å². The quantitative estimate of drug-likeness (QED) is 0.758. The van der Waals surface area contributed by atoms with Crippen LogP contribution in [0.25, 0.3) is 0 Å². The van der Waals surface area contributed by atoms with Crippen LogP contribution in [0.1, 0.15) is 12.5 Å². The number of carbonyl (C=O) groups excluding carboxylic acids is 2. The van der Waals surface area contributed by atoms with Crippen molar-refractivity contribution in [3.63, 3.8) is 0 Å². The SMILES string of the molecule is COc1ccc(OCCN2C(=O)NC(C)(c3ccc(OC)cc3)C2=O)cc1. The highest BCUT2D eigenvalue weighted by atomic mass is 16.5. The average Bonchev–Trinajstić information content (AvgIpc) is 2.92. The van der Waals surface area contributed by atoms with E-state index < -0.39 is 11.6 Å². The molecule has 0 aliphatic carbocycles. The highest BCUT2D eigenvalue weighted by molar-refractivity contribution is 6.07. The summed E-state index contributed by atoms with van der Waals surface area (Å²) in [7, 11) is 3.16. The lowest BCUT2D eigenvalue weighted by Crippen LogP contribution is -2.41. The molecule has 0 aromatic heterocycles. The first-order valence-corrected chi connectivity index (χ1v) is 8.53. The van der Waals surface area contributed by atoms with Gasteiger partial charge in [-0.05, 0) is 48.9 Å². The fraction of sp³-hybridized carbons (Fsp3) is 0.300. The molecule has 2 aromatic rings.